The van der Waals surface area contributed by atoms with Crippen LogP contribution in [-0.2, 0) is 6.61 Å². The molecular formula is C10H9N3O4. The van der Waals surface area contributed by atoms with Gasteiger partial charge in [0.25, 0.3) is 0 Å². The smallest absolute Gasteiger partial charge is 0.406 e. The second-order valence-electron chi connectivity index (χ2n) is 3.31. The van der Waals surface area contributed by atoms with E-state index in [0.717, 1.165) is 5.69 Å². The van der Waals surface area contributed by atoms with Crippen LogP contribution in [0.3, 0.4) is 0 Å². The first kappa shape index (κ1) is 11.1. The molecule has 0 unspecified atom stereocenters. The molecule has 0 N–H and O–H groups in total. The lowest BCUT2D eigenvalue weighted by Crippen LogP contribution is -1.99. The van der Waals surface area contributed by atoms with Crippen LogP contribution < -0.4 is 4.74 Å². The summed E-state index contributed by atoms with van der Waals surface area (Å²) in [6.07, 6.45) is 1.34. The van der Waals surface area contributed by atoms with Crippen LogP contribution in [0, 0.1) is 17.0 Å². The van der Waals surface area contributed by atoms with Crippen LogP contribution in [-0.4, -0.2) is 15.1 Å². The third kappa shape index (κ3) is 2.57. The molecule has 0 aliphatic heterocycles. The van der Waals surface area contributed by atoms with Crippen molar-refractivity contribution >= 4 is 5.82 Å². The highest BCUT2D eigenvalue weighted by molar-refractivity contribution is 5.38. The summed E-state index contributed by atoms with van der Waals surface area (Å²) in [5, 5.41) is 14.3. The highest BCUT2D eigenvalue weighted by Gasteiger charge is 2.16. The van der Waals surface area contributed by atoms with E-state index in [2.05, 4.69) is 10.1 Å². The van der Waals surface area contributed by atoms with Crippen molar-refractivity contribution in [3.63, 3.8) is 0 Å². The van der Waals surface area contributed by atoms with Crippen molar-refractivity contribution < 1.29 is 14.2 Å². The molecule has 2 aromatic rings. The van der Waals surface area contributed by atoms with E-state index in [1.807, 2.05) is 0 Å². The second kappa shape index (κ2) is 4.60. The molecule has 0 aliphatic rings. The fourth-order valence-corrected chi connectivity index (χ4v) is 1.27. The Morgan fingerprint density at radius 1 is 1.59 bits per heavy atom. The van der Waals surface area contributed by atoms with Gasteiger partial charge in [0.05, 0.1) is 5.69 Å². The normalized spacial score (nSPS) is 10.2. The van der Waals surface area contributed by atoms with Crippen LogP contribution in [0.2, 0.25) is 0 Å². The van der Waals surface area contributed by atoms with Gasteiger partial charge in [-0.15, -0.1) is 0 Å². The zero-order valence-electron chi connectivity index (χ0n) is 8.99. The van der Waals surface area contributed by atoms with Crippen LogP contribution in [0.5, 0.6) is 5.75 Å². The molecule has 17 heavy (non-hydrogen) atoms. The zero-order chi connectivity index (χ0) is 12.3. The van der Waals surface area contributed by atoms with E-state index < -0.39 is 4.92 Å². The molecule has 2 rings (SSSR count). The molecule has 0 amide bonds. The lowest BCUT2D eigenvalue weighted by Gasteiger charge is -2.02. The Morgan fingerprint density at radius 2 is 2.41 bits per heavy atom. The number of rotatable bonds is 4. The predicted molar refractivity (Wildman–Crippen MR) is 56.5 cm³/mol. The molecular weight excluding hydrogens is 226 g/mol. The Hall–Kier alpha value is -2.44. The fraction of sp³-hybridized carbons (Fsp3) is 0.200. The van der Waals surface area contributed by atoms with Gasteiger partial charge in [0.1, 0.15) is 12.8 Å². The molecule has 7 heteroatoms. The minimum atomic E-state index is -0.596. The topological polar surface area (TPSA) is 91.3 Å². The standard InChI is InChI=1S/C10H9N3O4/c1-7-5-8(17-12-7)6-16-9-3-2-4-11-10(9)13(14)15/h2-5H,6H2,1H3. The molecule has 0 bridgehead atoms. The van der Waals surface area contributed by atoms with E-state index in [1.165, 1.54) is 12.3 Å². The summed E-state index contributed by atoms with van der Waals surface area (Å²) >= 11 is 0. The van der Waals surface area contributed by atoms with E-state index in [9.17, 15) is 10.1 Å². The maximum Gasteiger partial charge on any atom is 0.406 e. The summed E-state index contributed by atoms with van der Waals surface area (Å²) in [6, 6.07) is 4.74. The van der Waals surface area contributed by atoms with Crippen LogP contribution in [0.15, 0.2) is 28.9 Å². The predicted octanol–water partition coefficient (Wildman–Crippen LogP) is 1.87. The Morgan fingerprint density at radius 3 is 3.06 bits per heavy atom. The molecule has 0 saturated carbocycles. The second-order valence-corrected chi connectivity index (χ2v) is 3.31. The summed E-state index contributed by atoms with van der Waals surface area (Å²) in [7, 11) is 0. The molecule has 0 aliphatic carbocycles. The molecule has 0 saturated heterocycles. The van der Waals surface area contributed by atoms with Gasteiger partial charge in [-0.2, -0.15) is 0 Å². The third-order valence-corrected chi connectivity index (χ3v) is 1.97. The van der Waals surface area contributed by atoms with Crippen molar-refractivity contribution in [1.82, 2.24) is 10.1 Å². The van der Waals surface area contributed by atoms with Crippen molar-refractivity contribution in [2.45, 2.75) is 13.5 Å². The van der Waals surface area contributed by atoms with E-state index in [-0.39, 0.29) is 18.2 Å². The number of hydrogen-bond donors (Lipinski definition) is 0. The lowest BCUT2D eigenvalue weighted by molar-refractivity contribution is -0.390. The molecule has 0 fully saturated rings. The zero-order valence-corrected chi connectivity index (χ0v) is 8.99. The molecule has 2 aromatic heterocycles. The first-order valence-corrected chi connectivity index (χ1v) is 4.81. The summed E-state index contributed by atoms with van der Waals surface area (Å²) in [5.74, 6) is 0.288. The van der Waals surface area contributed by atoms with Crippen molar-refractivity contribution in [3.8, 4) is 5.75 Å². The molecule has 0 aromatic carbocycles. The first-order chi connectivity index (χ1) is 8.16. The van der Waals surface area contributed by atoms with E-state index >= 15 is 0 Å². The van der Waals surface area contributed by atoms with Gasteiger partial charge >= 0.3 is 5.82 Å². The van der Waals surface area contributed by atoms with Crippen molar-refractivity contribution in [2.24, 2.45) is 0 Å². The van der Waals surface area contributed by atoms with E-state index in [0.29, 0.717) is 5.76 Å². The fourth-order valence-electron chi connectivity index (χ4n) is 1.27. The highest BCUT2D eigenvalue weighted by atomic mass is 16.6. The maximum absolute atomic E-state index is 10.7. The summed E-state index contributed by atoms with van der Waals surface area (Å²) in [5.41, 5.74) is 0.726. The molecule has 0 atom stereocenters. The van der Waals surface area contributed by atoms with Gasteiger partial charge < -0.3 is 19.4 Å². The SMILES string of the molecule is Cc1cc(COc2cccnc2[N+](=O)[O-])on1. The molecule has 7 nitrogen and oxygen atoms in total. The van der Waals surface area contributed by atoms with Crippen LogP contribution >= 0.6 is 0 Å². The Kier molecular flexibility index (Phi) is 2.99. The van der Waals surface area contributed by atoms with Crippen LogP contribution in [0.25, 0.3) is 0 Å². The van der Waals surface area contributed by atoms with Gasteiger partial charge in [-0.05, 0) is 29.0 Å². The highest BCUT2D eigenvalue weighted by Crippen LogP contribution is 2.23. The molecule has 88 valence electrons. The van der Waals surface area contributed by atoms with Crippen molar-refractivity contribution in [1.29, 1.82) is 0 Å². The number of hydrogen-bond acceptors (Lipinski definition) is 6. The van der Waals surface area contributed by atoms with Gasteiger partial charge in [-0.25, -0.2) is 0 Å². The number of nitro groups is 1. The lowest BCUT2D eigenvalue weighted by atomic mass is 10.4. The van der Waals surface area contributed by atoms with E-state index in [4.69, 9.17) is 9.26 Å². The van der Waals surface area contributed by atoms with Gasteiger partial charge in [0, 0.05) is 6.07 Å². The minimum absolute atomic E-state index is 0.0768. The van der Waals surface area contributed by atoms with Gasteiger partial charge in [0.2, 0.25) is 5.75 Å². The number of ether oxygens (including phenoxy) is 1. The Bertz CT molecular complexity index is 538. The average Bonchev–Trinajstić information content (AvgIpc) is 2.73. The first-order valence-electron chi connectivity index (χ1n) is 4.81. The summed E-state index contributed by atoms with van der Waals surface area (Å²) in [6.45, 7) is 1.85. The third-order valence-electron chi connectivity index (χ3n) is 1.97. The number of nitrogens with zero attached hydrogens (tertiary/aromatic N) is 3. The Balaban J connectivity index is 2.11. The Labute approximate surface area is 96.2 Å². The quantitative estimate of drug-likeness (QED) is 0.593. The van der Waals surface area contributed by atoms with Crippen molar-refractivity contribution in [2.75, 3.05) is 0 Å². The van der Waals surface area contributed by atoms with Crippen LogP contribution in [0.1, 0.15) is 11.5 Å². The van der Waals surface area contributed by atoms with Gasteiger partial charge in [-0.1, -0.05) is 5.16 Å². The number of pyridine rings is 1. The van der Waals surface area contributed by atoms with Crippen LogP contribution in [0.4, 0.5) is 5.82 Å². The summed E-state index contributed by atoms with van der Waals surface area (Å²) < 4.78 is 10.2. The number of aryl methyl sites for hydroxylation is 1. The molecule has 2 heterocycles. The average molecular weight is 235 g/mol. The van der Waals surface area contributed by atoms with Crippen molar-refractivity contribution in [3.05, 3.63) is 46.0 Å². The molecule has 0 spiro atoms. The monoisotopic (exact) mass is 235 g/mol. The van der Waals surface area contributed by atoms with Gasteiger partial charge in [0.15, 0.2) is 5.76 Å². The minimum Gasteiger partial charge on any atom is -0.477 e. The molecule has 0 radical (unpaired) electrons. The van der Waals surface area contributed by atoms with Gasteiger partial charge in [-0.3, -0.25) is 0 Å². The largest absolute Gasteiger partial charge is 0.477 e. The number of aromatic nitrogens is 2. The maximum atomic E-state index is 10.7. The summed E-state index contributed by atoms with van der Waals surface area (Å²) in [4.78, 5) is 13.7. The van der Waals surface area contributed by atoms with E-state index in [1.54, 1.807) is 19.1 Å².